The van der Waals surface area contributed by atoms with E-state index in [1.807, 2.05) is 0 Å². The van der Waals surface area contributed by atoms with E-state index in [1.54, 1.807) is 0 Å². The maximum atomic E-state index is 2.39. The molecule has 0 rings (SSSR count). The Morgan fingerprint density at radius 1 is 0.600 bits per heavy atom. The van der Waals surface area contributed by atoms with E-state index in [9.17, 15) is 0 Å². The fourth-order valence-corrected chi connectivity index (χ4v) is 2.67. The van der Waals surface area contributed by atoms with Crippen LogP contribution in [0.3, 0.4) is 0 Å². The topological polar surface area (TPSA) is 0 Å². The summed E-state index contributed by atoms with van der Waals surface area (Å²) in [6.45, 7) is 4.68. The molecule has 0 aliphatic rings. The lowest BCUT2D eigenvalue weighted by atomic mass is 10.0. The first-order valence-corrected chi connectivity index (χ1v) is 9.29. The standard InChI is InChI=1S/C19H42N/c1-6-7-8-9-10-11-12-13-14-15-16-17-18-19(2)20(3,4)5/h19H,6-18H2,1-5H3/q+1. The molecule has 0 aromatic heterocycles. The molecule has 20 heavy (non-hydrogen) atoms. The second kappa shape index (κ2) is 12.7. The molecule has 0 saturated heterocycles. The van der Waals surface area contributed by atoms with Gasteiger partial charge in [-0.15, -0.1) is 0 Å². The van der Waals surface area contributed by atoms with Gasteiger partial charge in [0, 0.05) is 0 Å². The largest absolute Gasteiger partial charge is 0.329 e. The Bertz CT molecular complexity index is 192. The Labute approximate surface area is 129 Å². The molecule has 0 aromatic carbocycles. The minimum Gasteiger partial charge on any atom is -0.329 e. The van der Waals surface area contributed by atoms with Crippen LogP contribution in [0.5, 0.6) is 0 Å². The van der Waals surface area contributed by atoms with Crippen LogP contribution in [0.2, 0.25) is 0 Å². The molecule has 0 heterocycles. The van der Waals surface area contributed by atoms with E-state index in [-0.39, 0.29) is 0 Å². The maximum absolute atomic E-state index is 2.39. The zero-order valence-corrected chi connectivity index (χ0v) is 15.2. The molecular weight excluding hydrogens is 242 g/mol. The van der Waals surface area contributed by atoms with Gasteiger partial charge in [0.2, 0.25) is 0 Å². The van der Waals surface area contributed by atoms with Gasteiger partial charge in [0.05, 0.1) is 27.2 Å². The summed E-state index contributed by atoms with van der Waals surface area (Å²) in [5, 5.41) is 0. The van der Waals surface area contributed by atoms with Crippen molar-refractivity contribution in [2.24, 2.45) is 0 Å². The van der Waals surface area contributed by atoms with E-state index in [2.05, 4.69) is 35.0 Å². The first kappa shape index (κ1) is 20.0. The average molecular weight is 285 g/mol. The molecule has 1 nitrogen and oxygen atoms in total. The summed E-state index contributed by atoms with van der Waals surface area (Å²) < 4.78 is 1.11. The predicted molar refractivity (Wildman–Crippen MR) is 93.2 cm³/mol. The Hall–Kier alpha value is -0.0400. The monoisotopic (exact) mass is 284 g/mol. The molecule has 0 saturated carbocycles. The van der Waals surface area contributed by atoms with E-state index >= 15 is 0 Å². The highest BCUT2D eigenvalue weighted by atomic mass is 15.3. The second-order valence-corrected chi connectivity index (χ2v) is 7.64. The molecule has 0 fully saturated rings. The third kappa shape index (κ3) is 13.0. The minimum atomic E-state index is 0.804. The van der Waals surface area contributed by atoms with Crippen molar-refractivity contribution in [1.29, 1.82) is 0 Å². The minimum absolute atomic E-state index is 0.804. The highest BCUT2D eigenvalue weighted by molar-refractivity contribution is 4.53. The highest BCUT2D eigenvalue weighted by Crippen LogP contribution is 2.15. The van der Waals surface area contributed by atoms with E-state index < -0.39 is 0 Å². The maximum Gasteiger partial charge on any atom is 0.0855 e. The van der Waals surface area contributed by atoms with Crippen molar-refractivity contribution < 1.29 is 4.48 Å². The Morgan fingerprint density at radius 3 is 1.30 bits per heavy atom. The molecule has 1 unspecified atom stereocenters. The molecular formula is C19H42N+. The van der Waals surface area contributed by atoms with E-state index in [0.29, 0.717) is 0 Å². The first-order chi connectivity index (χ1) is 9.48. The third-order valence-corrected chi connectivity index (χ3v) is 4.80. The van der Waals surface area contributed by atoms with Gasteiger partial charge >= 0.3 is 0 Å². The van der Waals surface area contributed by atoms with Crippen molar-refractivity contribution in [3.8, 4) is 0 Å². The van der Waals surface area contributed by atoms with Crippen molar-refractivity contribution in [3.63, 3.8) is 0 Å². The van der Waals surface area contributed by atoms with Crippen LogP contribution >= 0.6 is 0 Å². The molecule has 0 aliphatic carbocycles. The number of nitrogens with zero attached hydrogens (tertiary/aromatic N) is 1. The molecule has 0 aromatic rings. The Balaban J connectivity index is 3.14. The summed E-state index contributed by atoms with van der Waals surface area (Å²) in [7, 11) is 6.93. The lowest BCUT2D eigenvalue weighted by Crippen LogP contribution is -2.43. The Kier molecular flexibility index (Phi) is 12.7. The van der Waals surface area contributed by atoms with Crippen LogP contribution in [0.1, 0.15) is 97.3 Å². The van der Waals surface area contributed by atoms with Crippen LogP contribution in [0.25, 0.3) is 0 Å². The molecule has 0 radical (unpaired) electrons. The van der Waals surface area contributed by atoms with Gasteiger partial charge in [0.1, 0.15) is 0 Å². The summed E-state index contributed by atoms with van der Waals surface area (Å²) in [6, 6.07) is 0.804. The van der Waals surface area contributed by atoms with E-state index in [1.165, 1.54) is 83.5 Å². The second-order valence-electron chi connectivity index (χ2n) is 7.64. The fraction of sp³-hybridized carbons (Fsp3) is 1.00. The molecule has 0 bridgehead atoms. The summed E-state index contributed by atoms with van der Waals surface area (Å²) in [4.78, 5) is 0. The average Bonchev–Trinajstić information content (AvgIpc) is 2.38. The van der Waals surface area contributed by atoms with Crippen LogP contribution in [0.15, 0.2) is 0 Å². The van der Waals surface area contributed by atoms with E-state index in [4.69, 9.17) is 0 Å². The van der Waals surface area contributed by atoms with Gasteiger partial charge in [-0.3, -0.25) is 0 Å². The Morgan fingerprint density at radius 2 is 0.950 bits per heavy atom. The van der Waals surface area contributed by atoms with Crippen LogP contribution < -0.4 is 0 Å². The lowest BCUT2D eigenvalue weighted by molar-refractivity contribution is -0.894. The van der Waals surface area contributed by atoms with Crippen LogP contribution in [-0.4, -0.2) is 31.7 Å². The van der Waals surface area contributed by atoms with Crippen LogP contribution in [0.4, 0.5) is 0 Å². The smallest absolute Gasteiger partial charge is 0.0855 e. The number of hydrogen-bond donors (Lipinski definition) is 0. The first-order valence-electron chi connectivity index (χ1n) is 9.29. The van der Waals surface area contributed by atoms with Crippen molar-refractivity contribution >= 4 is 0 Å². The molecule has 0 aliphatic heterocycles. The third-order valence-electron chi connectivity index (χ3n) is 4.80. The molecule has 0 spiro atoms. The zero-order chi connectivity index (χ0) is 15.3. The summed E-state index contributed by atoms with van der Waals surface area (Å²) in [6.07, 6.45) is 18.8. The molecule has 0 amide bonds. The van der Waals surface area contributed by atoms with Gasteiger partial charge in [-0.2, -0.15) is 0 Å². The highest BCUT2D eigenvalue weighted by Gasteiger charge is 2.16. The van der Waals surface area contributed by atoms with Crippen molar-refractivity contribution in [2.75, 3.05) is 21.1 Å². The molecule has 1 atom stereocenters. The number of rotatable bonds is 14. The summed E-state index contributed by atoms with van der Waals surface area (Å²) in [5.41, 5.74) is 0. The van der Waals surface area contributed by atoms with Gasteiger partial charge in [-0.05, 0) is 19.8 Å². The van der Waals surface area contributed by atoms with Gasteiger partial charge in [0.15, 0.2) is 0 Å². The molecule has 1 heteroatoms. The van der Waals surface area contributed by atoms with Crippen LogP contribution in [-0.2, 0) is 0 Å². The number of hydrogen-bond acceptors (Lipinski definition) is 0. The molecule has 0 N–H and O–H groups in total. The zero-order valence-electron chi connectivity index (χ0n) is 15.2. The normalized spacial score (nSPS) is 13.7. The van der Waals surface area contributed by atoms with E-state index in [0.717, 1.165) is 10.5 Å². The predicted octanol–water partition coefficient (Wildman–Crippen LogP) is 6.17. The van der Waals surface area contributed by atoms with Gasteiger partial charge in [-0.1, -0.05) is 77.6 Å². The van der Waals surface area contributed by atoms with Gasteiger partial charge in [0.25, 0.3) is 0 Å². The lowest BCUT2D eigenvalue weighted by Gasteiger charge is -2.31. The molecule has 122 valence electrons. The van der Waals surface area contributed by atoms with Gasteiger partial charge < -0.3 is 4.48 Å². The van der Waals surface area contributed by atoms with Crippen molar-refractivity contribution in [3.05, 3.63) is 0 Å². The van der Waals surface area contributed by atoms with Crippen LogP contribution in [0, 0.1) is 0 Å². The van der Waals surface area contributed by atoms with Crippen molar-refractivity contribution in [2.45, 2.75) is 103 Å². The van der Waals surface area contributed by atoms with Crippen molar-refractivity contribution in [1.82, 2.24) is 0 Å². The van der Waals surface area contributed by atoms with Gasteiger partial charge in [-0.25, -0.2) is 0 Å². The number of quaternary nitrogens is 1. The fourth-order valence-electron chi connectivity index (χ4n) is 2.67. The number of unbranched alkanes of at least 4 members (excludes halogenated alkanes) is 11. The quantitative estimate of drug-likeness (QED) is 0.264. The summed E-state index contributed by atoms with van der Waals surface area (Å²) >= 11 is 0. The summed E-state index contributed by atoms with van der Waals surface area (Å²) in [5.74, 6) is 0. The SMILES string of the molecule is CCCCCCCCCCCCCCC(C)[N+](C)(C)C.